The first-order chi connectivity index (χ1) is 12.8. The molecule has 2 aromatic carbocycles. The molecule has 1 aromatic heterocycles. The molecule has 0 atom stereocenters. The van der Waals surface area contributed by atoms with Gasteiger partial charge in [0, 0.05) is 22.7 Å². The molecule has 0 unspecified atom stereocenters. The summed E-state index contributed by atoms with van der Waals surface area (Å²) in [5.74, 6) is -0.146. The second-order valence-electron chi connectivity index (χ2n) is 7.52. The molecular formula is C23H24N2OS. The van der Waals surface area contributed by atoms with Gasteiger partial charge in [0.1, 0.15) is 0 Å². The van der Waals surface area contributed by atoms with Crippen LogP contribution in [0.2, 0.25) is 0 Å². The van der Waals surface area contributed by atoms with E-state index in [-0.39, 0.29) is 11.3 Å². The van der Waals surface area contributed by atoms with Gasteiger partial charge in [0.2, 0.25) is 5.91 Å². The zero-order valence-corrected chi connectivity index (χ0v) is 16.9. The Balaban J connectivity index is 1.61. The van der Waals surface area contributed by atoms with E-state index in [4.69, 9.17) is 0 Å². The molecule has 0 aliphatic carbocycles. The Bertz CT molecular complexity index is 945. The van der Waals surface area contributed by atoms with E-state index in [1.54, 1.807) is 17.4 Å². The Morgan fingerprint density at radius 3 is 2.26 bits per heavy atom. The van der Waals surface area contributed by atoms with Gasteiger partial charge < -0.3 is 5.32 Å². The summed E-state index contributed by atoms with van der Waals surface area (Å²) in [6, 6.07) is 16.0. The van der Waals surface area contributed by atoms with Crippen LogP contribution in [-0.2, 0) is 10.2 Å². The van der Waals surface area contributed by atoms with Gasteiger partial charge in [-0.2, -0.15) is 0 Å². The van der Waals surface area contributed by atoms with Crippen molar-refractivity contribution in [3.8, 4) is 11.3 Å². The number of aromatic nitrogens is 1. The van der Waals surface area contributed by atoms with Crippen molar-refractivity contribution in [3.63, 3.8) is 0 Å². The summed E-state index contributed by atoms with van der Waals surface area (Å²) in [4.78, 5) is 16.6. The molecule has 0 radical (unpaired) electrons. The number of carbonyl (C=O) groups excluding carboxylic acids is 1. The van der Waals surface area contributed by atoms with Crippen molar-refractivity contribution in [1.29, 1.82) is 0 Å². The molecule has 0 aliphatic rings. The summed E-state index contributed by atoms with van der Waals surface area (Å²) >= 11 is 1.63. The van der Waals surface area contributed by atoms with E-state index in [1.165, 1.54) is 5.56 Å². The monoisotopic (exact) mass is 376 g/mol. The fraction of sp³-hybridized carbons (Fsp3) is 0.217. The lowest BCUT2D eigenvalue weighted by Crippen LogP contribution is -2.10. The molecule has 138 valence electrons. The van der Waals surface area contributed by atoms with Crippen molar-refractivity contribution in [2.75, 3.05) is 5.32 Å². The van der Waals surface area contributed by atoms with Gasteiger partial charge in [-0.25, -0.2) is 4.98 Å². The topological polar surface area (TPSA) is 42.0 Å². The van der Waals surface area contributed by atoms with Gasteiger partial charge in [0.05, 0.1) is 10.7 Å². The molecule has 27 heavy (non-hydrogen) atoms. The van der Waals surface area contributed by atoms with Crippen molar-refractivity contribution in [2.45, 2.75) is 33.1 Å². The predicted molar refractivity (Wildman–Crippen MR) is 115 cm³/mol. The van der Waals surface area contributed by atoms with Crippen molar-refractivity contribution in [2.24, 2.45) is 0 Å². The van der Waals surface area contributed by atoms with Gasteiger partial charge in [-0.3, -0.25) is 4.79 Å². The van der Waals surface area contributed by atoms with Gasteiger partial charge >= 0.3 is 0 Å². The molecule has 3 aromatic rings. The number of rotatable bonds is 4. The Hall–Kier alpha value is -2.72. The largest absolute Gasteiger partial charge is 0.323 e. The third-order valence-corrected chi connectivity index (χ3v) is 5.04. The SMILES string of the molecule is Cc1nc(-c2ccc(NC(=O)/C=C/c3ccc(C(C)(C)C)cc3)cc2)cs1. The number of thiazole rings is 1. The third kappa shape index (κ3) is 5.14. The smallest absolute Gasteiger partial charge is 0.248 e. The molecule has 4 heteroatoms. The zero-order valence-electron chi connectivity index (χ0n) is 16.1. The molecule has 3 nitrogen and oxygen atoms in total. The van der Waals surface area contributed by atoms with Crippen LogP contribution < -0.4 is 5.32 Å². The molecule has 1 N–H and O–H groups in total. The maximum Gasteiger partial charge on any atom is 0.248 e. The Morgan fingerprint density at radius 2 is 1.70 bits per heavy atom. The zero-order chi connectivity index (χ0) is 19.4. The average Bonchev–Trinajstić information content (AvgIpc) is 3.07. The molecule has 0 saturated heterocycles. The summed E-state index contributed by atoms with van der Waals surface area (Å²) in [6.45, 7) is 8.55. The highest BCUT2D eigenvalue weighted by atomic mass is 32.1. The Kier molecular flexibility index (Phi) is 5.57. The van der Waals surface area contributed by atoms with E-state index in [1.807, 2.05) is 54.8 Å². The van der Waals surface area contributed by atoms with Crippen LogP contribution in [0.3, 0.4) is 0 Å². The number of anilines is 1. The van der Waals surface area contributed by atoms with Crippen LogP contribution in [0.15, 0.2) is 60.0 Å². The number of benzene rings is 2. The van der Waals surface area contributed by atoms with Crippen LogP contribution in [0.4, 0.5) is 5.69 Å². The lowest BCUT2D eigenvalue weighted by atomic mass is 9.87. The van der Waals surface area contributed by atoms with Crippen LogP contribution in [0.5, 0.6) is 0 Å². The van der Waals surface area contributed by atoms with E-state index in [0.29, 0.717) is 0 Å². The fourth-order valence-electron chi connectivity index (χ4n) is 2.67. The van der Waals surface area contributed by atoms with Crippen molar-refractivity contribution in [1.82, 2.24) is 4.98 Å². The van der Waals surface area contributed by atoms with Crippen LogP contribution >= 0.6 is 11.3 Å². The maximum atomic E-state index is 12.2. The second kappa shape index (κ2) is 7.89. The van der Waals surface area contributed by atoms with Crippen molar-refractivity contribution >= 4 is 29.0 Å². The minimum Gasteiger partial charge on any atom is -0.323 e. The van der Waals surface area contributed by atoms with Gasteiger partial charge in [-0.05, 0) is 41.7 Å². The van der Waals surface area contributed by atoms with Crippen LogP contribution in [-0.4, -0.2) is 10.9 Å². The number of hydrogen-bond acceptors (Lipinski definition) is 3. The molecule has 1 heterocycles. The number of nitrogens with one attached hydrogen (secondary N) is 1. The summed E-state index contributed by atoms with van der Waals surface area (Å²) in [5.41, 5.74) is 5.19. The maximum absolute atomic E-state index is 12.2. The van der Waals surface area contributed by atoms with E-state index >= 15 is 0 Å². The van der Waals surface area contributed by atoms with Crippen molar-refractivity contribution < 1.29 is 4.79 Å². The number of amides is 1. The first-order valence-corrected chi connectivity index (χ1v) is 9.81. The summed E-state index contributed by atoms with van der Waals surface area (Å²) in [5, 5.41) is 5.97. The normalized spacial score (nSPS) is 11.7. The van der Waals surface area contributed by atoms with E-state index in [2.05, 4.69) is 43.2 Å². The average molecular weight is 377 g/mol. The lowest BCUT2D eigenvalue weighted by molar-refractivity contribution is -0.111. The van der Waals surface area contributed by atoms with Gasteiger partial charge in [0.15, 0.2) is 0 Å². The molecule has 0 fully saturated rings. The Labute approximate surface area is 164 Å². The minimum absolute atomic E-state index is 0.128. The summed E-state index contributed by atoms with van der Waals surface area (Å²) < 4.78 is 0. The minimum atomic E-state index is -0.146. The highest BCUT2D eigenvalue weighted by Crippen LogP contribution is 2.24. The van der Waals surface area contributed by atoms with E-state index in [0.717, 1.165) is 27.5 Å². The summed E-state index contributed by atoms with van der Waals surface area (Å²) in [6.07, 6.45) is 3.39. The number of carbonyl (C=O) groups is 1. The molecule has 0 aliphatic heterocycles. The van der Waals surface area contributed by atoms with Gasteiger partial charge in [-0.15, -0.1) is 11.3 Å². The highest BCUT2D eigenvalue weighted by molar-refractivity contribution is 7.09. The molecule has 0 saturated carbocycles. The Morgan fingerprint density at radius 1 is 1.04 bits per heavy atom. The highest BCUT2D eigenvalue weighted by Gasteiger charge is 2.12. The number of aryl methyl sites for hydroxylation is 1. The fourth-order valence-corrected chi connectivity index (χ4v) is 3.29. The molecule has 1 amide bonds. The summed E-state index contributed by atoms with van der Waals surface area (Å²) in [7, 11) is 0. The number of nitrogens with zero attached hydrogens (tertiary/aromatic N) is 1. The van der Waals surface area contributed by atoms with Crippen LogP contribution in [0.1, 0.15) is 36.9 Å². The standard InChI is InChI=1S/C23H24N2OS/c1-16-24-21(15-27-16)18-8-12-20(13-9-18)25-22(26)14-7-17-5-10-19(11-6-17)23(2,3)4/h5-15H,1-4H3,(H,25,26)/b14-7+. The van der Waals surface area contributed by atoms with E-state index in [9.17, 15) is 4.79 Å². The predicted octanol–water partition coefficient (Wildman–Crippen LogP) is 6.07. The first kappa shape index (κ1) is 19.1. The van der Waals surface area contributed by atoms with Crippen LogP contribution in [0, 0.1) is 6.92 Å². The second-order valence-corrected chi connectivity index (χ2v) is 8.59. The quantitative estimate of drug-likeness (QED) is 0.562. The van der Waals surface area contributed by atoms with E-state index < -0.39 is 0 Å². The van der Waals surface area contributed by atoms with Crippen LogP contribution in [0.25, 0.3) is 17.3 Å². The third-order valence-electron chi connectivity index (χ3n) is 4.27. The molecule has 0 spiro atoms. The molecule has 0 bridgehead atoms. The van der Waals surface area contributed by atoms with Crippen molar-refractivity contribution in [3.05, 3.63) is 76.1 Å². The van der Waals surface area contributed by atoms with Gasteiger partial charge in [0.25, 0.3) is 0 Å². The molecule has 3 rings (SSSR count). The first-order valence-electron chi connectivity index (χ1n) is 8.93. The molecular weight excluding hydrogens is 352 g/mol. The lowest BCUT2D eigenvalue weighted by Gasteiger charge is -2.18. The van der Waals surface area contributed by atoms with Gasteiger partial charge in [-0.1, -0.05) is 57.2 Å². The number of hydrogen-bond donors (Lipinski definition) is 1.